The van der Waals surface area contributed by atoms with E-state index in [-0.39, 0.29) is 15.3 Å². The summed E-state index contributed by atoms with van der Waals surface area (Å²) in [5, 5.41) is 16.7. The highest BCUT2D eigenvalue weighted by Crippen LogP contribution is 2.23. The number of hydrogen-bond donors (Lipinski definition) is 3. The Hall–Kier alpha value is -1.19. The first-order chi connectivity index (χ1) is 7.71. The summed E-state index contributed by atoms with van der Waals surface area (Å²) >= 11 is 0.804. The number of aromatic nitrogens is 1. The summed E-state index contributed by atoms with van der Waals surface area (Å²) in [4.78, 5) is 14.7. The van der Waals surface area contributed by atoms with E-state index in [1.165, 1.54) is 0 Å². The molecular formula is C8H13N3O4S2. The molecule has 0 unspecified atom stereocenters. The standard InChI is InChI=1S/C8H13N3O4S2/c1-4(2)6(7(12)13)11-8-10-3-5(16-8)17(9,14)15/h3-4,6H,1-2H3,(H,10,11)(H,12,13)(H2,9,14,15)/t6-/m1/s1. The second kappa shape index (κ2) is 4.98. The van der Waals surface area contributed by atoms with Crippen LogP contribution < -0.4 is 10.5 Å². The lowest BCUT2D eigenvalue weighted by Gasteiger charge is -2.16. The Morgan fingerprint density at radius 3 is 2.53 bits per heavy atom. The lowest BCUT2D eigenvalue weighted by atomic mass is 10.1. The van der Waals surface area contributed by atoms with Crippen LogP contribution >= 0.6 is 11.3 Å². The van der Waals surface area contributed by atoms with Gasteiger partial charge in [0.15, 0.2) is 9.34 Å². The zero-order valence-corrected chi connectivity index (χ0v) is 10.9. The largest absolute Gasteiger partial charge is 0.480 e. The highest BCUT2D eigenvalue weighted by molar-refractivity contribution is 7.91. The number of aliphatic carboxylic acids is 1. The molecule has 17 heavy (non-hydrogen) atoms. The molecule has 4 N–H and O–H groups in total. The molecule has 0 saturated carbocycles. The van der Waals surface area contributed by atoms with Crippen LogP contribution in [0.3, 0.4) is 0 Å². The van der Waals surface area contributed by atoms with E-state index in [9.17, 15) is 13.2 Å². The molecule has 9 heteroatoms. The van der Waals surface area contributed by atoms with Crippen LogP contribution in [0.25, 0.3) is 0 Å². The number of carboxylic acids is 1. The number of rotatable bonds is 5. The lowest BCUT2D eigenvalue weighted by molar-refractivity contribution is -0.138. The van der Waals surface area contributed by atoms with Crippen molar-refractivity contribution in [1.82, 2.24) is 4.98 Å². The number of nitrogens with one attached hydrogen (secondary N) is 1. The molecule has 0 aliphatic rings. The molecule has 96 valence electrons. The topological polar surface area (TPSA) is 122 Å². The lowest BCUT2D eigenvalue weighted by Crippen LogP contribution is -2.34. The highest BCUT2D eigenvalue weighted by Gasteiger charge is 2.23. The van der Waals surface area contributed by atoms with Gasteiger partial charge in [0, 0.05) is 0 Å². The molecule has 1 aromatic heterocycles. The second-order valence-electron chi connectivity index (χ2n) is 3.73. The van der Waals surface area contributed by atoms with Crippen molar-refractivity contribution in [3.05, 3.63) is 6.20 Å². The first kappa shape index (κ1) is 13.9. The van der Waals surface area contributed by atoms with Gasteiger partial charge in [0.25, 0.3) is 0 Å². The maximum atomic E-state index is 11.0. The molecule has 0 spiro atoms. The van der Waals surface area contributed by atoms with Crippen LogP contribution in [0.5, 0.6) is 0 Å². The molecule has 0 amide bonds. The van der Waals surface area contributed by atoms with Crippen LogP contribution in [-0.2, 0) is 14.8 Å². The van der Waals surface area contributed by atoms with Gasteiger partial charge in [-0.1, -0.05) is 25.2 Å². The Bertz CT molecular complexity index is 509. The normalized spacial score (nSPS) is 13.6. The van der Waals surface area contributed by atoms with Crippen LogP contribution in [0, 0.1) is 5.92 Å². The van der Waals surface area contributed by atoms with Crippen molar-refractivity contribution >= 4 is 32.5 Å². The first-order valence-electron chi connectivity index (χ1n) is 4.70. The Labute approximate surface area is 103 Å². The number of sulfonamides is 1. The zero-order valence-electron chi connectivity index (χ0n) is 9.25. The summed E-state index contributed by atoms with van der Waals surface area (Å²) in [6, 6.07) is -0.825. The van der Waals surface area contributed by atoms with Gasteiger partial charge in [-0.2, -0.15) is 0 Å². The van der Waals surface area contributed by atoms with Crippen molar-refractivity contribution in [2.45, 2.75) is 24.1 Å². The summed E-state index contributed by atoms with van der Waals surface area (Å²) in [5.41, 5.74) is 0. The summed E-state index contributed by atoms with van der Waals surface area (Å²) in [6.45, 7) is 3.47. The van der Waals surface area contributed by atoms with Gasteiger partial charge in [0.05, 0.1) is 6.20 Å². The highest BCUT2D eigenvalue weighted by atomic mass is 32.2. The van der Waals surface area contributed by atoms with Crippen molar-refractivity contribution in [3.63, 3.8) is 0 Å². The number of nitrogens with zero attached hydrogens (tertiary/aromatic N) is 1. The third-order valence-corrected chi connectivity index (χ3v) is 4.31. The van der Waals surface area contributed by atoms with Crippen LogP contribution in [0.1, 0.15) is 13.8 Å². The molecular weight excluding hydrogens is 266 g/mol. The number of anilines is 1. The van der Waals surface area contributed by atoms with Gasteiger partial charge >= 0.3 is 5.97 Å². The molecule has 0 aliphatic heterocycles. The minimum absolute atomic E-state index is 0.104. The molecule has 0 aromatic carbocycles. The number of thiazole rings is 1. The van der Waals surface area contributed by atoms with Gasteiger partial charge in [-0.05, 0) is 5.92 Å². The Morgan fingerprint density at radius 1 is 1.59 bits per heavy atom. The smallest absolute Gasteiger partial charge is 0.326 e. The van der Waals surface area contributed by atoms with Gasteiger partial charge in [-0.3, -0.25) is 0 Å². The quantitative estimate of drug-likeness (QED) is 0.713. The van der Waals surface area contributed by atoms with Gasteiger partial charge in [-0.15, -0.1) is 0 Å². The fourth-order valence-electron chi connectivity index (χ4n) is 1.10. The Balaban J connectivity index is 2.89. The van der Waals surface area contributed by atoms with Crippen molar-refractivity contribution in [3.8, 4) is 0 Å². The minimum atomic E-state index is -3.79. The SMILES string of the molecule is CC(C)[C@@H](Nc1ncc(S(N)(=O)=O)s1)C(=O)O. The van der Waals surface area contributed by atoms with Gasteiger partial charge in [-0.25, -0.2) is 23.3 Å². The monoisotopic (exact) mass is 279 g/mol. The van der Waals surface area contributed by atoms with E-state index in [1.807, 2.05) is 0 Å². The van der Waals surface area contributed by atoms with Crippen LogP contribution in [0.2, 0.25) is 0 Å². The number of carboxylic acid groups (broad SMARTS) is 1. The van der Waals surface area contributed by atoms with E-state index in [0.717, 1.165) is 17.5 Å². The average molecular weight is 279 g/mol. The van der Waals surface area contributed by atoms with Gasteiger partial charge in [0.1, 0.15) is 6.04 Å². The molecule has 0 radical (unpaired) electrons. The molecule has 0 bridgehead atoms. The Kier molecular flexibility index (Phi) is 4.07. The van der Waals surface area contributed by atoms with E-state index < -0.39 is 22.0 Å². The number of primary sulfonamides is 1. The molecule has 0 aliphatic carbocycles. The molecule has 1 rings (SSSR count). The average Bonchev–Trinajstić information content (AvgIpc) is 2.60. The van der Waals surface area contributed by atoms with Crippen LogP contribution in [-0.4, -0.2) is 30.5 Å². The van der Waals surface area contributed by atoms with E-state index in [2.05, 4.69) is 10.3 Å². The van der Waals surface area contributed by atoms with Crippen molar-refractivity contribution in [2.75, 3.05) is 5.32 Å². The third-order valence-electron chi connectivity index (χ3n) is 1.98. The molecule has 1 heterocycles. The van der Waals surface area contributed by atoms with Crippen LogP contribution in [0.15, 0.2) is 10.4 Å². The van der Waals surface area contributed by atoms with E-state index >= 15 is 0 Å². The molecule has 1 aromatic rings. The summed E-state index contributed by atoms with van der Waals surface area (Å²) in [5.74, 6) is -1.18. The number of hydrogen-bond acceptors (Lipinski definition) is 6. The van der Waals surface area contributed by atoms with E-state index in [4.69, 9.17) is 10.2 Å². The third kappa shape index (κ3) is 3.65. The predicted molar refractivity (Wildman–Crippen MR) is 63.4 cm³/mol. The van der Waals surface area contributed by atoms with Crippen molar-refractivity contribution in [2.24, 2.45) is 11.1 Å². The predicted octanol–water partition coefficient (Wildman–Crippen LogP) is 0.312. The number of carbonyl (C=O) groups is 1. The molecule has 1 atom stereocenters. The zero-order chi connectivity index (χ0) is 13.2. The fraction of sp³-hybridized carbons (Fsp3) is 0.500. The molecule has 0 fully saturated rings. The first-order valence-corrected chi connectivity index (χ1v) is 7.06. The van der Waals surface area contributed by atoms with E-state index in [0.29, 0.717) is 0 Å². The maximum absolute atomic E-state index is 11.0. The van der Waals surface area contributed by atoms with Crippen LogP contribution in [0.4, 0.5) is 5.13 Å². The Morgan fingerprint density at radius 2 is 2.18 bits per heavy atom. The maximum Gasteiger partial charge on any atom is 0.326 e. The fourth-order valence-corrected chi connectivity index (χ4v) is 2.59. The summed E-state index contributed by atoms with van der Waals surface area (Å²) in [6.07, 6.45) is 1.10. The second-order valence-corrected chi connectivity index (χ2v) is 6.55. The molecule has 7 nitrogen and oxygen atoms in total. The number of nitrogens with two attached hydrogens (primary N) is 1. The summed E-state index contributed by atoms with van der Waals surface area (Å²) < 4.78 is 21.9. The van der Waals surface area contributed by atoms with Crippen molar-refractivity contribution in [1.29, 1.82) is 0 Å². The van der Waals surface area contributed by atoms with Gasteiger partial charge < -0.3 is 10.4 Å². The van der Waals surface area contributed by atoms with Crippen molar-refractivity contribution < 1.29 is 18.3 Å². The summed E-state index contributed by atoms with van der Waals surface area (Å²) in [7, 11) is -3.79. The van der Waals surface area contributed by atoms with E-state index in [1.54, 1.807) is 13.8 Å². The minimum Gasteiger partial charge on any atom is -0.480 e. The molecule has 0 saturated heterocycles. The van der Waals surface area contributed by atoms with Gasteiger partial charge in [0.2, 0.25) is 10.0 Å².